The monoisotopic (exact) mass is 293 g/mol. The first-order valence-electron chi connectivity index (χ1n) is 6.08. The SMILES string of the molecule is CC(=O)N(c1cc(NO)ccn1)c1ccccc1C(F)F. The van der Waals surface area contributed by atoms with Crippen LogP contribution in [0.2, 0.25) is 0 Å². The Morgan fingerprint density at radius 3 is 2.67 bits per heavy atom. The maximum atomic E-state index is 13.1. The zero-order valence-electron chi connectivity index (χ0n) is 11.1. The van der Waals surface area contributed by atoms with E-state index in [1.54, 1.807) is 6.07 Å². The summed E-state index contributed by atoms with van der Waals surface area (Å²) in [5, 5.41) is 8.89. The molecule has 2 rings (SSSR count). The maximum absolute atomic E-state index is 13.1. The normalized spacial score (nSPS) is 10.5. The van der Waals surface area contributed by atoms with Crippen LogP contribution in [0, 0.1) is 0 Å². The zero-order chi connectivity index (χ0) is 15.4. The Morgan fingerprint density at radius 2 is 2.05 bits per heavy atom. The highest BCUT2D eigenvalue weighted by atomic mass is 19.3. The predicted molar refractivity (Wildman–Crippen MR) is 73.9 cm³/mol. The minimum Gasteiger partial charge on any atom is -0.291 e. The number of aromatic nitrogens is 1. The molecule has 1 aromatic heterocycles. The van der Waals surface area contributed by atoms with Gasteiger partial charge in [0, 0.05) is 24.8 Å². The summed E-state index contributed by atoms with van der Waals surface area (Å²) in [5.41, 5.74) is 2.01. The number of pyridine rings is 1. The van der Waals surface area contributed by atoms with E-state index in [-0.39, 0.29) is 17.1 Å². The van der Waals surface area contributed by atoms with Crippen LogP contribution in [-0.2, 0) is 4.79 Å². The van der Waals surface area contributed by atoms with Gasteiger partial charge >= 0.3 is 0 Å². The lowest BCUT2D eigenvalue weighted by Gasteiger charge is -2.23. The number of nitrogens with one attached hydrogen (secondary N) is 1. The van der Waals surface area contributed by atoms with E-state index < -0.39 is 12.3 Å². The van der Waals surface area contributed by atoms with E-state index in [1.165, 1.54) is 43.5 Å². The number of carbonyl (C=O) groups excluding carboxylic acids is 1. The molecule has 0 bridgehead atoms. The number of hydrogen-bond donors (Lipinski definition) is 2. The zero-order valence-corrected chi connectivity index (χ0v) is 11.1. The molecule has 0 aliphatic carbocycles. The Labute approximate surface area is 119 Å². The number of alkyl halides is 2. The highest BCUT2D eigenvalue weighted by Gasteiger charge is 2.22. The van der Waals surface area contributed by atoms with Gasteiger partial charge in [-0.05, 0) is 12.1 Å². The maximum Gasteiger partial charge on any atom is 0.265 e. The fraction of sp³-hybridized carbons (Fsp3) is 0.143. The van der Waals surface area contributed by atoms with Crippen LogP contribution in [-0.4, -0.2) is 16.1 Å². The summed E-state index contributed by atoms with van der Waals surface area (Å²) in [4.78, 5) is 16.9. The largest absolute Gasteiger partial charge is 0.291 e. The molecule has 0 aliphatic rings. The molecule has 21 heavy (non-hydrogen) atoms. The predicted octanol–water partition coefficient (Wildman–Crippen LogP) is 3.50. The van der Waals surface area contributed by atoms with Gasteiger partial charge in [-0.15, -0.1) is 0 Å². The topological polar surface area (TPSA) is 65.5 Å². The number of halogens is 2. The molecule has 2 aromatic rings. The van der Waals surface area contributed by atoms with Gasteiger partial charge in [-0.3, -0.25) is 20.4 Å². The molecule has 0 saturated carbocycles. The van der Waals surface area contributed by atoms with E-state index in [1.807, 2.05) is 5.48 Å². The molecule has 0 radical (unpaired) electrons. The smallest absolute Gasteiger partial charge is 0.265 e. The molecule has 0 aliphatic heterocycles. The Morgan fingerprint density at radius 1 is 1.33 bits per heavy atom. The van der Waals surface area contributed by atoms with Crippen molar-refractivity contribution in [3.63, 3.8) is 0 Å². The molecule has 0 fully saturated rings. The number of anilines is 3. The second-order valence-corrected chi connectivity index (χ2v) is 4.23. The third kappa shape index (κ3) is 3.14. The van der Waals surface area contributed by atoms with Crippen LogP contribution in [0.15, 0.2) is 42.6 Å². The number of hydrogen-bond acceptors (Lipinski definition) is 4. The second kappa shape index (κ2) is 6.27. The van der Waals surface area contributed by atoms with Crippen LogP contribution >= 0.6 is 0 Å². The summed E-state index contributed by atoms with van der Waals surface area (Å²) >= 11 is 0. The molecule has 7 heteroatoms. The average Bonchev–Trinajstić information content (AvgIpc) is 2.47. The standard InChI is InChI=1S/C14H13F2N3O2/c1-9(20)19(13-8-10(18-21)6-7-17-13)12-5-3-2-4-11(12)14(15)16/h2-8,14,21H,1H3,(H,17,18). The molecule has 1 aromatic carbocycles. The first-order valence-corrected chi connectivity index (χ1v) is 6.08. The summed E-state index contributed by atoms with van der Waals surface area (Å²) in [7, 11) is 0. The molecule has 2 N–H and O–H groups in total. The lowest BCUT2D eigenvalue weighted by Crippen LogP contribution is -2.25. The molecule has 0 spiro atoms. The number of carbonyl (C=O) groups is 1. The molecule has 5 nitrogen and oxygen atoms in total. The van der Waals surface area contributed by atoms with E-state index in [0.717, 1.165) is 4.90 Å². The molecule has 0 atom stereocenters. The second-order valence-electron chi connectivity index (χ2n) is 4.23. The van der Waals surface area contributed by atoms with E-state index in [4.69, 9.17) is 5.21 Å². The first kappa shape index (κ1) is 14.9. The molecular formula is C14H13F2N3O2. The van der Waals surface area contributed by atoms with Crippen molar-refractivity contribution in [2.24, 2.45) is 0 Å². The van der Waals surface area contributed by atoms with Crippen molar-refractivity contribution < 1.29 is 18.8 Å². The highest BCUT2D eigenvalue weighted by molar-refractivity contribution is 5.99. The summed E-state index contributed by atoms with van der Waals surface area (Å²) in [6, 6.07) is 8.56. The van der Waals surface area contributed by atoms with Crippen molar-refractivity contribution in [2.75, 3.05) is 10.4 Å². The van der Waals surface area contributed by atoms with E-state index >= 15 is 0 Å². The third-order valence-electron chi connectivity index (χ3n) is 2.83. The van der Waals surface area contributed by atoms with Crippen molar-refractivity contribution in [3.05, 3.63) is 48.2 Å². The molecule has 0 saturated heterocycles. The highest BCUT2D eigenvalue weighted by Crippen LogP contribution is 2.34. The fourth-order valence-electron chi connectivity index (χ4n) is 1.94. The van der Waals surface area contributed by atoms with Crippen LogP contribution < -0.4 is 10.4 Å². The summed E-state index contributed by atoms with van der Waals surface area (Å²) in [6.07, 6.45) is -1.36. The molecule has 110 valence electrons. The van der Waals surface area contributed by atoms with Gasteiger partial charge in [0.15, 0.2) is 0 Å². The van der Waals surface area contributed by atoms with Crippen LogP contribution in [0.4, 0.5) is 26.0 Å². The van der Waals surface area contributed by atoms with Crippen molar-refractivity contribution in [1.82, 2.24) is 4.98 Å². The van der Waals surface area contributed by atoms with Gasteiger partial charge < -0.3 is 0 Å². The number of rotatable bonds is 4. The Balaban J connectivity index is 2.56. The fourth-order valence-corrected chi connectivity index (χ4v) is 1.94. The lowest BCUT2D eigenvalue weighted by molar-refractivity contribution is -0.115. The van der Waals surface area contributed by atoms with Crippen LogP contribution in [0.25, 0.3) is 0 Å². The minimum atomic E-state index is -2.72. The first-order chi connectivity index (χ1) is 10.0. The summed E-state index contributed by atoms with van der Waals surface area (Å²) < 4.78 is 26.2. The van der Waals surface area contributed by atoms with Gasteiger partial charge in [-0.2, -0.15) is 0 Å². The third-order valence-corrected chi connectivity index (χ3v) is 2.83. The van der Waals surface area contributed by atoms with Crippen molar-refractivity contribution in [1.29, 1.82) is 0 Å². The van der Waals surface area contributed by atoms with Crippen LogP contribution in [0.5, 0.6) is 0 Å². The Hall–Kier alpha value is -2.54. The van der Waals surface area contributed by atoms with E-state index in [0.29, 0.717) is 5.69 Å². The van der Waals surface area contributed by atoms with Gasteiger partial charge in [-0.25, -0.2) is 13.8 Å². The van der Waals surface area contributed by atoms with Crippen LogP contribution in [0.1, 0.15) is 18.9 Å². The van der Waals surface area contributed by atoms with Crippen molar-refractivity contribution >= 4 is 23.1 Å². The van der Waals surface area contributed by atoms with Gasteiger partial charge in [0.1, 0.15) is 5.82 Å². The van der Waals surface area contributed by atoms with Crippen molar-refractivity contribution in [3.8, 4) is 0 Å². The average molecular weight is 293 g/mol. The lowest BCUT2D eigenvalue weighted by atomic mass is 10.1. The summed E-state index contributed by atoms with van der Waals surface area (Å²) in [5.74, 6) is -0.333. The van der Waals surface area contributed by atoms with Gasteiger partial charge in [0.2, 0.25) is 5.91 Å². The molecule has 1 heterocycles. The molecule has 0 unspecified atom stereocenters. The Kier molecular flexibility index (Phi) is 4.44. The van der Waals surface area contributed by atoms with Crippen molar-refractivity contribution in [2.45, 2.75) is 13.3 Å². The molecule has 1 amide bonds. The van der Waals surface area contributed by atoms with Gasteiger partial charge in [0.05, 0.1) is 11.4 Å². The number of nitrogens with zero attached hydrogens (tertiary/aromatic N) is 2. The summed E-state index contributed by atoms with van der Waals surface area (Å²) in [6.45, 7) is 1.25. The quantitative estimate of drug-likeness (QED) is 0.847. The minimum absolute atomic E-state index is 0.0580. The number of benzene rings is 1. The van der Waals surface area contributed by atoms with E-state index in [2.05, 4.69) is 4.98 Å². The number of para-hydroxylation sites is 1. The Bertz CT molecular complexity index is 650. The number of amides is 1. The van der Waals surface area contributed by atoms with Gasteiger partial charge in [0.25, 0.3) is 6.43 Å². The van der Waals surface area contributed by atoms with Gasteiger partial charge in [-0.1, -0.05) is 18.2 Å². The molecular weight excluding hydrogens is 280 g/mol. The van der Waals surface area contributed by atoms with Crippen LogP contribution in [0.3, 0.4) is 0 Å². The van der Waals surface area contributed by atoms with E-state index in [9.17, 15) is 13.6 Å².